The molecule has 0 bridgehead atoms. The van der Waals surface area contributed by atoms with E-state index in [1.165, 1.54) is 18.3 Å². The van der Waals surface area contributed by atoms with Gasteiger partial charge in [-0.15, -0.1) is 11.3 Å². The Morgan fingerprint density at radius 3 is 2.65 bits per heavy atom. The number of thiophene rings is 1. The first-order valence-electron chi connectivity index (χ1n) is 5.59. The molecule has 2 rings (SSSR count). The number of aliphatic hydroxyl groups is 1. The van der Waals surface area contributed by atoms with Gasteiger partial charge in [0, 0.05) is 4.88 Å². The summed E-state index contributed by atoms with van der Waals surface area (Å²) >= 11 is 1.20. The Morgan fingerprint density at radius 2 is 2.15 bits per heavy atom. The number of hydrogen-bond donors (Lipinski definition) is 2. The predicted molar refractivity (Wildman–Crippen MR) is 64.0 cm³/mol. The molecule has 20 heavy (non-hydrogen) atoms. The van der Waals surface area contributed by atoms with E-state index in [0.717, 1.165) is 0 Å². The maximum absolute atomic E-state index is 12.3. The number of aliphatic hydroxyl groups excluding tert-OH is 1. The maximum atomic E-state index is 12.3. The van der Waals surface area contributed by atoms with Gasteiger partial charge in [-0.3, -0.25) is 9.69 Å². The molecule has 1 aromatic heterocycles. The van der Waals surface area contributed by atoms with Gasteiger partial charge in [0.2, 0.25) is 0 Å². The number of β-amino-alcohol motifs (C(OH)–C–C–N with tert-alkyl or cyclic N) is 1. The van der Waals surface area contributed by atoms with E-state index in [-0.39, 0.29) is 0 Å². The number of halogens is 3. The average molecular weight is 308 g/mol. The monoisotopic (exact) mass is 308 g/mol. The normalized spacial score (nSPS) is 24.9. The molecule has 0 unspecified atom stereocenters. The Kier molecular flexibility index (Phi) is 3.51. The zero-order valence-corrected chi connectivity index (χ0v) is 11.1. The third-order valence-electron chi connectivity index (χ3n) is 3.02. The van der Waals surface area contributed by atoms with Crippen molar-refractivity contribution in [3.05, 3.63) is 22.4 Å². The lowest BCUT2D eigenvalue weighted by Gasteiger charge is -2.22. The van der Waals surface area contributed by atoms with Crippen LogP contribution in [0.5, 0.6) is 0 Å². The molecule has 2 N–H and O–H groups in total. The van der Waals surface area contributed by atoms with Crippen molar-refractivity contribution < 1.29 is 27.9 Å². The van der Waals surface area contributed by atoms with Crippen molar-refractivity contribution in [1.82, 2.24) is 10.2 Å². The largest absolute Gasteiger partial charge is 0.416 e. The summed E-state index contributed by atoms with van der Waals surface area (Å²) in [5, 5.41) is 13.0. The van der Waals surface area contributed by atoms with Crippen molar-refractivity contribution >= 4 is 23.3 Å². The quantitative estimate of drug-likeness (QED) is 0.830. The summed E-state index contributed by atoms with van der Waals surface area (Å²) in [7, 11) is 0. The van der Waals surface area contributed by atoms with Crippen LogP contribution in [0.15, 0.2) is 17.5 Å². The number of nitrogens with one attached hydrogen (secondary N) is 1. The minimum atomic E-state index is -4.89. The molecule has 0 aliphatic carbocycles. The first-order chi connectivity index (χ1) is 9.16. The average Bonchev–Trinajstić information content (AvgIpc) is 2.92. The summed E-state index contributed by atoms with van der Waals surface area (Å²) in [6.45, 7) is 0.300. The Morgan fingerprint density at radius 1 is 1.50 bits per heavy atom. The van der Waals surface area contributed by atoms with Gasteiger partial charge in [-0.2, -0.15) is 13.2 Å². The van der Waals surface area contributed by atoms with Gasteiger partial charge >= 0.3 is 12.2 Å². The molecule has 1 fully saturated rings. The third-order valence-corrected chi connectivity index (χ3v) is 4.11. The zero-order chi connectivity index (χ0) is 15.1. The summed E-state index contributed by atoms with van der Waals surface area (Å²) in [6.07, 6.45) is -7.65. The molecular formula is C11H11F3N2O3S. The molecule has 9 heteroatoms. The number of carbonyl (C=O) groups excluding carboxylic acids is 2. The molecule has 2 heterocycles. The summed E-state index contributed by atoms with van der Waals surface area (Å²) in [5.41, 5.74) is -1.39. The van der Waals surface area contributed by atoms with E-state index in [1.807, 2.05) is 0 Å². The topological polar surface area (TPSA) is 69.6 Å². The standard InChI is InChI=1S/C11H11F3N2O3S/c1-10(7-3-2-4-20-7)8(18)16(9(19)15-10)5-6(17)11(12,13)14/h2-4,6,17H,5H2,1H3,(H,15,19)/t6-,10+/m1/s1. The van der Waals surface area contributed by atoms with Crippen LogP contribution in [-0.2, 0) is 10.3 Å². The highest BCUT2D eigenvalue weighted by molar-refractivity contribution is 7.10. The lowest BCUT2D eigenvalue weighted by molar-refractivity contribution is -0.206. The number of carbonyl (C=O) groups is 2. The van der Waals surface area contributed by atoms with Gasteiger partial charge in [0.05, 0.1) is 6.54 Å². The van der Waals surface area contributed by atoms with E-state index in [2.05, 4.69) is 5.32 Å². The predicted octanol–water partition coefficient (Wildman–Crippen LogP) is 1.44. The van der Waals surface area contributed by atoms with Gasteiger partial charge in [0.1, 0.15) is 0 Å². The van der Waals surface area contributed by atoms with Gasteiger partial charge < -0.3 is 10.4 Å². The molecule has 5 nitrogen and oxygen atoms in total. The fourth-order valence-electron chi connectivity index (χ4n) is 1.87. The van der Waals surface area contributed by atoms with Crippen molar-refractivity contribution in [1.29, 1.82) is 0 Å². The van der Waals surface area contributed by atoms with Crippen molar-refractivity contribution in [3.8, 4) is 0 Å². The van der Waals surface area contributed by atoms with Crippen LogP contribution in [0.1, 0.15) is 11.8 Å². The number of hydrogen-bond acceptors (Lipinski definition) is 4. The van der Waals surface area contributed by atoms with Gasteiger partial charge in [0.15, 0.2) is 11.6 Å². The number of nitrogens with zero attached hydrogens (tertiary/aromatic N) is 1. The Balaban J connectivity index is 2.22. The van der Waals surface area contributed by atoms with Crippen molar-refractivity contribution in [2.45, 2.75) is 24.7 Å². The highest BCUT2D eigenvalue weighted by Gasteiger charge is 2.52. The number of amides is 3. The molecule has 0 aromatic carbocycles. The molecule has 1 saturated heterocycles. The van der Waals surface area contributed by atoms with E-state index in [9.17, 15) is 22.8 Å². The Bertz CT molecular complexity index is 532. The number of rotatable bonds is 3. The van der Waals surface area contributed by atoms with E-state index in [4.69, 9.17) is 5.11 Å². The van der Waals surface area contributed by atoms with Gasteiger partial charge in [0.25, 0.3) is 5.91 Å². The lowest BCUT2D eigenvalue weighted by Crippen LogP contribution is -2.45. The van der Waals surface area contributed by atoms with Crippen molar-refractivity contribution in [3.63, 3.8) is 0 Å². The maximum Gasteiger partial charge on any atom is 0.416 e. The van der Waals surface area contributed by atoms with Gasteiger partial charge in [-0.1, -0.05) is 6.07 Å². The van der Waals surface area contributed by atoms with Crippen LogP contribution < -0.4 is 5.32 Å². The summed E-state index contributed by atoms with van der Waals surface area (Å²) < 4.78 is 36.9. The minimum Gasteiger partial charge on any atom is -0.382 e. The number of alkyl halides is 3. The molecule has 0 spiro atoms. The second-order valence-electron chi connectivity index (χ2n) is 4.51. The number of imide groups is 1. The van der Waals surface area contributed by atoms with Crippen LogP contribution in [0.4, 0.5) is 18.0 Å². The van der Waals surface area contributed by atoms with E-state index < -0.39 is 36.3 Å². The van der Waals surface area contributed by atoms with Crippen LogP contribution in [0, 0.1) is 0 Å². The van der Waals surface area contributed by atoms with Crippen molar-refractivity contribution in [2.24, 2.45) is 0 Å². The molecule has 0 saturated carbocycles. The minimum absolute atomic E-state index is 0.387. The van der Waals surface area contributed by atoms with Crippen LogP contribution >= 0.6 is 11.3 Å². The van der Waals surface area contributed by atoms with Crippen LogP contribution in [0.3, 0.4) is 0 Å². The molecule has 0 radical (unpaired) electrons. The smallest absolute Gasteiger partial charge is 0.382 e. The Labute approximate surface area is 116 Å². The Hall–Kier alpha value is -1.61. The first-order valence-corrected chi connectivity index (χ1v) is 6.47. The summed E-state index contributed by atoms with van der Waals surface area (Å²) in [4.78, 5) is 24.7. The molecule has 110 valence electrons. The second kappa shape index (κ2) is 4.74. The summed E-state index contributed by atoms with van der Waals surface area (Å²) in [5.74, 6) is -0.812. The molecule has 1 aliphatic rings. The SMILES string of the molecule is C[C@@]1(c2cccs2)NC(=O)N(C[C@@H](O)C(F)(F)F)C1=O. The molecular weight excluding hydrogens is 297 g/mol. The van der Waals surface area contributed by atoms with Crippen molar-refractivity contribution in [2.75, 3.05) is 6.54 Å². The van der Waals surface area contributed by atoms with E-state index in [1.54, 1.807) is 17.5 Å². The molecule has 1 aliphatic heterocycles. The van der Waals surface area contributed by atoms with E-state index in [0.29, 0.717) is 9.78 Å². The zero-order valence-electron chi connectivity index (χ0n) is 10.3. The van der Waals surface area contributed by atoms with Crippen LogP contribution in [-0.4, -0.2) is 40.8 Å². The second-order valence-corrected chi connectivity index (χ2v) is 5.45. The first kappa shape index (κ1) is 14.8. The number of urea groups is 1. The third kappa shape index (κ3) is 2.38. The highest BCUT2D eigenvalue weighted by Crippen LogP contribution is 2.32. The fourth-order valence-corrected chi connectivity index (χ4v) is 2.70. The van der Waals surface area contributed by atoms with Gasteiger partial charge in [-0.05, 0) is 18.4 Å². The summed E-state index contributed by atoms with van der Waals surface area (Å²) in [6, 6.07) is 2.32. The van der Waals surface area contributed by atoms with Crippen LogP contribution in [0.2, 0.25) is 0 Å². The fraction of sp³-hybridized carbons (Fsp3) is 0.455. The molecule has 3 amide bonds. The molecule has 2 atom stereocenters. The van der Waals surface area contributed by atoms with Crippen LogP contribution in [0.25, 0.3) is 0 Å². The van der Waals surface area contributed by atoms with Gasteiger partial charge in [-0.25, -0.2) is 4.79 Å². The highest BCUT2D eigenvalue weighted by atomic mass is 32.1. The lowest BCUT2D eigenvalue weighted by atomic mass is 10.0. The molecule has 1 aromatic rings. The van der Waals surface area contributed by atoms with E-state index >= 15 is 0 Å².